The molecule has 3 atom stereocenters. The molecule has 14 heavy (non-hydrogen) atoms. The van der Waals surface area contributed by atoms with Crippen LogP contribution in [0.25, 0.3) is 0 Å². The largest absolute Gasteiger partial charge is 0.313 e. The molecule has 1 fully saturated rings. The second-order valence-corrected chi connectivity index (χ2v) is 5.41. The van der Waals surface area contributed by atoms with Crippen molar-refractivity contribution in [1.29, 1.82) is 0 Å². The van der Waals surface area contributed by atoms with Gasteiger partial charge in [0.05, 0.1) is 0 Å². The lowest BCUT2D eigenvalue weighted by atomic mass is 9.89. The van der Waals surface area contributed by atoms with Gasteiger partial charge >= 0.3 is 0 Å². The quantitative estimate of drug-likeness (QED) is 0.746. The summed E-state index contributed by atoms with van der Waals surface area (Å²) in [4.78, 5) is 2.47. The molecule has 0 unspecified atom stereocenters. The van der Waals surface area contributed by atoms with Crippen LogP contribution < -0.4 is 5.32 Å². The molecular weight excluding hydrogens is 172 g/mol. The molecule has 0 radical (unpaired) electrons. The molecule has 1 N–H and O–H groups in total. The van der Waals surface area contributed by atoms with Crippen LogP contribution >= 0.6 is 0 Å². The third kappa shape index (κ3) is 3.25. The zero-order valence-electron chi connectivity index (χ0n) is 10.4. The predicted molar refractivity (Wildman–Crippen MR) is 62.5 cm³/mol. The maximum Gasteiger partial charge on any atom is 0.0120 e. The van der Waals surface area contributed by atoms with E-state index in [4.69, 9.17) is 0 Å². The van der Waals surface area contributed by atoms with E-state index in [9.17, 15) is 0 Å². The van der Waals surface area contributed by atoms with Crippen LogP contribution in [0.2, 0.25) is 0 Å². The van der Waals surface area contributed by atoms with Crippen molar-refractivity contribution in [2.24, 2.45) is 11.8 Å². The van der Waals surface area contributed by atoms with Gasteiger partial charge in [0, 0.05) is 18.6 Å². The van der Waals surface area contributed by atoms with Gasteiger partial charge in [0.25, 0.3) is 0 Å². The van der Waals surface area contributed by atoms with Gasteiger partial charge in [-0.05, 0) is 38.8 Å². The Morgan fingerprint density at radius 2 is 2.00 bits per heavy atom. The number of piperidine rings is 1. The van der Waals surface area contributed by atoms with Gasteiger partial charge in [-0.25, -0.2) is 0 Å². The Kier molecular flexibility index (Phi) is 4.39. The molecule has 1 saturated heterocycles. The first-order chi connectivity index (χ1) is 6.50. The fourth-order valence-corrected chi connectivity index (χ4v) is 2.21. The molecule has 1 aliphatic rings. The second kappa shape index (κ2) is 5.13. The van der Waals surface area contributed by atoms with Crippen molar-refractivity contribution in [1.82, 2.24) is 10.2 Å². The molecule has 1 rings (SSSR count). The van der Waals surface area contributed by atoms with Gasteiger partial charge in [-0.3, -0.25) is 0 Å². The molecule has 0 spiro atoms. The summed E-state index contributed by atoms with van der Waals surface area (Å²) in [6.45, 7) is 11.6. The minimum absolute atomic E-state index is 0.726. The topological polar surface area (TPSA) is 15.3 Å². The van der Waals surface area contributed by atoms with E-state index in [-0.39, 0.29) is 0 Å². The van der Waals surface area contributed by atoms with Crippen molar-refractivity contribution in [3.05, 3.63) is 0 Å². The SMILES string of the molecule is CC(C)CN[C@H]1C[C@@H](C)N(C)C[C@@H]1C. The fraction of sp³-hybridized carbons (Fsp3) is 1.00. The summed E-state index contributed by atoms with van der Waals surface area (Å²) >= 11 is 0. The third-order valence-electron chi connectivity index (χ3n) is 3.40. The number of nitrogens with one attached hydrogen (secondary N) is 1. The minimum atomic E-state index is 0.726. The highest BCUT2D eigenvalue weighted by Crippen LogP contribution is 2.20. The summed E-state index contributed by atoms with van der Waals surface area (Å²) in [7, 11) is 2.24. The van der Waals surface area contributed by atoms with Gasteiger partial charge in [-0.1, -0.05) is 20.8 Å². The maximum absolute atomic E-state index is 3.70. The minimum Gasteiger partial charge on any atom is -0.313 e. The summed E-state index contributed by atoms with van der Waals surface area (Å²) in [5.41, 5.74) is 0. The number of hydrogen-bond acceptors (Lipinski definition) is 2. The lowest BCUT2D eigenvalue weighted by molar-refractivity contribution is 0.120. The molecule has 0 aromatic rings. The van der Waals surface area contributed by atoms with Gasteiger partial charge in [0.1, 0.15) is 0 Å². The van der Waals surface area contributed by atoms with E-state index < -0.39 is 0 Å². The van der Waals surface area contributed by atoms with E-state index in [0.717, 1.165) is 30.5 Å². The van der Waals surface area contributed by atoms with Crippen molar-refractivity contribution in [2.45, 2.75) is 46.2 Å². The lowest BCUT2D eigenvalue weighted by Gasteiger charge is -2.40. The number of rotatable bonds is 3. The summed E-state index contributed by atoms with van der Waals surface area (Å²) in [6, 6.07) is 1.46. The van der Waals surface area contributed by atoms with Crippen LogP contribution in [0.15, 0.2) is 0 Å². The van der Waals surface area contributed by atoms with E-state index in [2.05, 4.69) is 45.0 Å². The molecule has 1 heterocycles. The lowest BCUT2D eigenvalue weighted by Crippen LogP contribution is -2.51. The first-order valence-electron chi connectivity index (χ1n) is 5.94. The Hall–Kier alpha value is -0.0800. The van der Waals surface area contributed by atoms with E-state index in [1.54, 1.807) is 0 Å². The van der Waals surface area contributed by atoms with Crippen LogP contribution in [0, 0.1) is 11.8 Å². The highest BCUT2D eigenvalue weighted by molar-refractivity contribution is 4.86. The van der Waals surface area contributed by atoms with Crippen LogP contribution in [-0.2, 0) is 0 Å². The zero-order valence-corrected chi connectivity index (χ0v) is 10.4. The van der Waals surface area contributed by atoms with Crippen LogP contribution in [0.5, 0.6) is 0 Å². The molecular formula is C12H26N2. The first-order valence-corrected chi connectivity index (χ1v) is 5.94. The number of likely N-dealkylation sites (tertiary alicyclic amines) is 1. The monoisotopic (exact) mass is 198 g/mol. The predicted octanol–water partition coefficient (Wildman–Crippen LogP) is 1.96. The highest BCUT2D eigenvalue weighted by atomic mass is 15.2. The molecule has 2 heteroatoms. The van der Waals surface area contributed by atoms with Gasteiger partial charge in [0.15, 0.2) is 0 Å². The van der Waals surface area contributed by atoms with E-state index >= 15 is 0 Å². The van der Waals surface area contributed by atoms with Crippen LogP contribution in [0.3, 0.4) is 0 Å². The van der Waals surface area contributed by atoms with Crippen molar-refractivity contribution in [3.63, 3.8) is 0 Å². The molecule has 1 aliphatic heterocycles. The van der Waals surface area contributed by atoms with Crippen molar-refractivity contribution in [2.75, 3.05) is 20.1 Å². The Balaban J connectivity index is 2.37. The Bertz CT molecular complexity index is 168. The Morgan fingerprint density at radius 3 is 2.57 bits per heavy atom. The van der Waals surface area contributed by atoms with E-state index in [1.807, 2.05) is 0 Å². The van der Waals surface area contributed by atoms with E-state index in [1.165, 1.54) is 13.0 Å². The third-order valence-corrected chi connectivity index (χ3v) is 3.40. The smallest absolute Gasteiger partial charge is 0.0120 e. The second-order valence-electron chi connectivity index (χ2n) is 5.41. The number of hydrogen-bond donors (Lipinski definition) is 1. The molecule has 0 aliphatic carbocycles. The zero-order chi connectivity index (χ0) is 10.7. The molecule has 84 valence electrons. The summed E-state index contributed by atoms with van der Waals surface area (Å²) < 4.78 is 0. The first kappa shape index (κ1) is 12.0. The fourth-order valence-electron chi connectivity index (χ4n) is 2.21. The van der Waals surface area contributed by atoms with Crippen LogP contribution in [0.1, 0.15) is 34.1 Å². The molecule has 0 bridgehead atoms. The van der Waals surface area contributed by atoms with Crippen LogP contribution in [0.4, 0.5) is 0 Å². The van der Waals surface area contributed by atoms with Crippen LogP contribution in [-0.4, -0.2) is 37.1 Å². The van der Waals surface area contributed by atoms with E-state index in [0.29, 0.717) is 0 Å². The molecule has 0 aromatic heterocycles. The molecule has 0 saturated carbocycles. The average molecular weight is 198 g/mol. The number of nitrogens with zero attached hydrogens (tertiary/aromatic N) is 1. The van der Waals surface area contributed by atoms with Gasteiger partial charge < -0.3 is 10.2 Å². The summed E-state index contributed by atoms with van der Waals surface area (Å²) in [6.07, 6.45) is 1.30. The summed E-state index contributed by atoms with van der Waals surface area (Å²) in [5, 5.41) is 3.70. The van der Waals surface area contributed by atoms with Crippen molar-refractivity contribution in [3.8, 4) is 0 Å². The Morgan fingerprint density at radius 1 is 1.36 bits per heavy atom. The van der Waals surface area contributed by atoms with Gasteiger partial charge in [-0.15, -0.1) is 0 Å². The van der Waals surface area contributed by atoms with Crippen molar-refractivity contribution < 1.29 is 0 Å². The molecule has 2 nitrogen and oxygen atoms in total. The highest BCUT2D eigenvalue weighted by Gasteiger charge is 2.28. The molecule has 0 amide bonds. The van der Waals surface area contributed by atoms with Gasteiger partial charge in [-0.2, -0.15) is 0 Å². The normalized spacial score (nSPS) is 35.1. The average Bonchev–Trinajstić information content (AvgIpc) is 2.09. The standard InChI is InChI=1S/C12H26N2/c1-9(2)7-13-12-6-11(4)14(5)8-10(12)3/h9-13H,6-8H2,1-5H3/t10-,11+,12-/m0/s1. The van der Waals surface area contributed by atoms with Crippen molar-refractivity contribution >= 4 is 0 Å². The molecule has 0 aromatic carbocycles. The summed E-state index contributed by atoms with van der Waals surface area (Å²) in [5.74, 6) is 1.55. The Labute approximate surface area is 89.1 Å². The van der Waals surface area contributed by atoms with Gasteiger partial charge in [0.2, 0.25) is 0 Å². The maximum atomic E-state index is 3.70.